The number of hydrogen-bond acceptors (Lipinski definition) is 5. The van der Waals surface area contributed by atoms with Gasteiger partial charge in [-0.1, -0.05) is 30.0 Å². The summed E-state index contributed by atoms with van der Waals surface area (Å²) in [7, 11) is 1.31. The van der Waals surface area contributed by atoms with E-state index in [0.717, 1.165) is 5.69 Å². The number of esters is 1. The van der Waals surface area contributed by atoms with Crippen LogP contribution in [0.5, 0.6) is 0 Å². The Bertz CT molecular complexity index is 632. The molecule has 0 atom stereocenters. The number of hydrogen-bond donors (Lipinski definition) is 1. The fourth-order valence-electron chi connectivity index (χ4n) is 1.62. The summed E-state index contributed by atoms with van der Waals surface area (Å²) < 4.78 is 4.69. The molecule has 0 aliphatic heterocycles. The van der Waals surface area contributed by atoms with E-state index in [1.54, 1.807) is 18.3 Å². The Hall–Kier alpha value is -2.34. The lowest BCUT2D eigenvalue weighted by molar-refractivity contribution is -0.113. The van der Waals surface area contributed by atoms with Gasteiger partial charge in [-0.05, 0) is 24.3 Å². The minimum atomic E-state index is -0.464. The lowest BCUT2D eigenvalue weighted by Gasteiger charge is -2.07. The van der Waals surface area contributed by atoms with Gasteiger partial charge in [-0.15, -0.1) is 0 Å². The van der Waals surface area contributed by atoms with E-state index in [1.165, 1.54) is 18.9 Å². The summed E-state index contributed by atoms with van der Waals surface area (Å²) in [6.45, 7) is 0. The zero-order chi connectivity index (χ0) is 15.1. The molecule has 0 unspecified atom stereocenters. The SMILES string of the molecule is COC(=O)c1cccnc1SCC(=O)Nc1ccccc1. The van der Waals surface area contributed by atoms with Gasteiger partial charge < -0.3 is 10.1 Å². The van der Waals surface area contributed by atoms with Crippen molar-refractivity contribution < 1.29 is 14.3 Å². The van der Waals surface area contributed by atoms with E-state index in [9.17, 15) is 9.59 Å². The maximum absolute atomic E-state index is 11.9. The van der Waals surface area contributed by atoms with Crippen molar-refractivity contribution in [1.82, 2.24) is 4.98 Å². The molecule has 2 aromatic rings. The van der Waals surface area contributed by atoms with Crippen LogP contribution in [0.25, 0.3) is 0 Å². The van der Waals surface area contributed by atoms with Crippen molar-refractivity contribution in [1.29, 1.82) is 0 Å². The zero-order valence-corrected chi connectivity index (χ0v) is 12.2. The summed E-state index contributed by atoms with van der Waals surface area (Å²) in [4.78, 5) is 27.6. The first-order valence-electron chi connectivity index (χ1n) is 6.21. The lowest BCUT2D eigenvalue weighted by Crippen LogP contribution is -2.14. The van der Waals surface area contributed by atoms with E-state index in [2.05, 4.69) is 15.0 Å². The molecule has 0 spiro atoms. The minimum absolute atomic E-state index is 0.160. The van der Waals surface area contributed by atoms with Crippen LogP contribution < -0.4 is 5.32 Å². The van der Waals surface area contributed by atoms with Gasteiger partial charge in [0.15, 0.2) is 0 Å². The van der Waals surface area contributed by atoms with Crippen LogP contribution in [0.15, 0.2) is 53.7 Å². The molecular weight excluding hydrogens is 288 g/mol. The van der Waals surface area contributed by atoms with Crippen LogP contribution >= 0.6 is 11.8 Å². The number of nitrogens with zero attached hydrogens (tertiary/aromatic N) is 1. The van der Waals surface area contributed by atoms with Crippen molar-refractivity contribution >= 4 is 29.3 Å². The molecule has 0 aliphatic carbocycles. The first kappa shape index (κ1) is 15.1. The number of thioether (sulfide) groups is 1. The fraction of sp³-hybridized carbons (Fsp3) is 0.133. The number of anilines is 1. The van der Waals surface area contributed by atoms with Gasteiger partial charge in [0.25, 0.3) is 0 Å². The van der Waals surface area contributed by atoms with Crippen molar-refractivity contribution in [3.8, 4) is 0 Å². The molecule has 6 heteroatoms. The summed E-state index contributed by atoms with van der Waals surface area (Å²) in [5.41, 5.74) is 1.09. The van der Waals surface area contributed by atoms with Gasteiger partial charge >= 0.3 is 5.97 Å². The molecule has 0 fully saturated rings. The van der Waals surface area contributed by atoms with Crippen LogP contribution in [0.1, 0.15) is 10.4 Å². The second kappa shape index (κ2) is 7.44. The average molecular weight is 302 g/mol. The minimum Gasteiger partial charge on any atom is -0.465 e. The smallest absolute Gasteiger partial charge is 0.340 e. The highest BCUT2D eigenvalue weighted by molar-refractivity contribution is 8.00. The molecule has 0 radical (unpaired) electrons. The van der Waals surface area contributed by atoms with Crippen molar-refractivity contribution in [3.63, 3.8) is 0 Å². The molecule has 108 valence electrons. The lowest BCUT2D eigenvalue weighted by atomic mass is 10.3. The first-order valence-corrected chi connectivity index (χ1v) is 7.20. The highest BCUT2D eigenvalue weighted by Crippen LogP contribution is 2.20. The largest absolute Gasteiger partial charge is 0.465 e. The molecule has 1 aromatic carbocycles. The van der Waals surface area contributed by atoms with E-state index in [0.29, 0.717) is 10.6 Å². The van der Waals surface area contributed by atoms with Crippen LogP contribution in [0.2, 0.25) is 0 Å². The number of ether oxygens (including phenoxy) is 1. The summed E-state index contributed by atoms with van der Waals surface area (Å²) in [5.74, 6) is -0.461. The number of carbonyl (C=O) groups excluding carboxylic acids is 2. The van der Waals surface area contributed by atoms with E-state index in [1.807, 2.05) is 30.3 Å². The second-order valence-electron chi connectivity index (χ2n) is 4.05. The van der Waals surface area contributed by atoms with Crippen LogP contribution in [-0.4, -0.2) is 29.7 Å². The van der Waals surface area contributed by atoms with Crippen LogP contribution in [0.4, 0.5) is 5.69 Å². The Morgan fingerprint density at radius 2 is 1.95 bits per heavy atom. The number of methoxy groups -OCH3 is 1. The van der Waals surface area contributed by atoms with Crippen LogP contribution in [0.3, 0.4) is 0 Å². The van der Waals surface area contributed by atoms with Gasteiger partial charge in [-0.2, -0.15) is 0 Å². The normalized spacial score (nSPS) is 9.95. The molecule has 1 heterocycles. The van der Waals surface area contributed by atoms with Crippen molar-refractivity contribution in [2.24, 2.45) is 0 Å². The Kier molecular flexibility index (Phi) is 5.34. The van der Waals surface area contributed by atoms with E-state index >= 15 is 0 Å². The first-order chi connectivity index (χ1) is 10.2. The number of carbonyl (C=O) groups is 2. The van der Waals surface area contributed by atoms with Gasteiger partial charge in [0, 0.05) is 11.9 Å². The summed E-state index contributed by atoms with van der Waals surface area (Å²) >= 11 is 1.19. The molecule has 1 amide bonds. The topological polar surface area (TPSA) is 68.3 Å². The third kappa shape index (κ3) is 4.32. The summed E-state index contributed by atoms with van der Waals surface area (Å²) in [5, 5.41) is 3.25. The van der Waals surface area contributed by atoms with E-state index in [4.69, 9.17) is 0 Å². The fourth-order valence-corrected chi connectivity index (χ4v) is 2.41. The third-order valence-electron chi connectivity index (χ3n) is 2.57. The van der Waals surface area contributed by atoms with Crippen molar-refractivity contribution in [2.45, 2.75) is 5.03 Å². The standard InChI is InChI=1S/C15H14N2O3S/c1-20-15(19)12-8-5-9-16-14(12)21-10-13(18)17-11-6-3-2-4-7-11/h2-9H,10H2,1H3,(H,17,18). The molecule has 21 heavy (non-hydrogen) atoms. The Morgan fingerprint density at radius 3 is 2.67 bits per heavy atom. The molecule has 1 aromatic heterocycles. The molecule has 2 rings (SSSR count). The number of benzene rings is 1. The predicted molar refractivity (Wildman–Crippen MR) is 81.4 cm³/mol. The maximum atomic E-state index is 11.9. The quantitative estimate of drug-likeness (QED) is 0.679. The van der Waals surface area contributed by atoms with Gasteiger partial charge in [0.2, 0.25) is 5.91 Å². The zero-order valence-electron chi connectivity index (χ0n) is 11.4. The number of para-hydroxylation sites is 1. The number of pyridine rings is 1. The van der Waals surface area contributed by atoms with Crippen molar-refractivity contribution in [2.75, 3.05) is 18.2 Å². The highest BCUT2D eigenvalue weighted by atomic mass is 32.2. The second-order valence-corrected chi connectivity index (χ2v) is 5.01. The number of rotatable bonds is 5. The summed E-state index contributed by atoms with van der Waals surface area (Å²) in [6.07, 6.45) is 1.57. The molecule has 5 nitrogen and oxygen atoms in total. The molecule has 0 saturated heterocycles. The highest BCUT2D eigenvalue weighted by Gasteiger charge is 2.14. The van der Waals surface area contributed by atoms with Gasteiger partial charge in [0.1, 0.15) is 5.03 Å². The number of nitrogens with one attached hydrogen (secondary N) is 1. The average Bonchev–Trinajstić information content (AvgIpc) is 2.53. The van der Waals surface area contributed by atoms with Crippen LogP contribution in [-0.2, 0) is 9.53 Å². The Labute approximate surface area is 126 Å². The van der Waals surface area contributed by atoms with E-state index < -0.39 is 5.97 Å². The Morgan fingerprint density at radius 1 is 1.19 bits per heavy atom. The Balaban J connectivity index is 1.97. The van der Waals surface area contributed by atoms with Gasteiger partial charge in [-0.25, -0.2) is 9.78 Å². The molecule has 0 saturated carbocycles. The van der Waals surface area contributed by atoms with E-state index in [-0.39, 0.29) is 11.7 Å². The predicted octanol–water partition coefficient (Wildman–Crippen LogP) is 2.60. The molecule has 0 aliphatic rings. The maximum Gasteiger partial charge on any atom is 0.340 e. The summed E-state index contributed by atoms with van der Waals surface area (Å²) in [6, 6.07) is 12.5. The van der Waals surface area contributed by atoms with Crippen LogP contribution in [0, 0.1) is 0 Å². The number of amides is 1. The van der Waals surface area contributed by atoms with Gasteiger partial charge in [0.05, 0.1) is 18.4 Å². The van der Waals surface area contributed by atoms with Crippen molar-refractivity contribution in [3.05, 3.63) is 54.2 Å². The molecule has 1 N–H and O–H groups in total. The van der Waals surface area contributed by atoms with Gasteiger partial charge in [-0.3, -0.25) is 4.79 Å². The number of aromatic nitrogens is 1. The monoisotopic (exact) mass is 302 g/mol. The molecule has 0 bridgehead atoms. The third-order valence-corrected chi connectivity index (χ3v) is 3.58. The molecular formula is C15H14N2O3S.